The summed E-state index contributed by atoms with van der Waals surface area (Å²) in [6.45, 7) is 3.55. The maximum absolute atomic E-state index is 13.5. The van der Waals surface area contributed by atoms with Gasteiger partial charge in [-0.15, -0.1) is 0 Å². The number of hydrogen-bond acceptors (Lipinski definition) is 5. The highest BCUT2D eigenvalue weighted by molar-refractivity contribution is 5.92. The smallest absolute Gasteiger partial charge is 0.343 e. The Morgan fingerprint density at radius 1 is 1.38 bits per heavy atom. The number of ether oxygens (including phenoxy) is 2. The van der Waals surface area contributed by atoms with Gasteiger partial charge in [-0.1, -0.05) is 6.07 Å². The summed E-state index contributed by atoms with van der Waals surface area (Å²) in [6, 6.07) is 5.80. The predicted molar refractivity (Wildman–Crippen MR) is 75.8 cm³/mol. The lowest BCUT2D eigenvalue weighted by molar-refractivity contribution is 0.0523. The van der Waals surface area contributed by atoms with Crippen molar-refractivity contribution in [2.75, 3.05) is 12.3 Å². The monoisotopic (exact) mass is 290 g/mol. The number of rotatable bonds is 4. The fourth-order valence-electron chi connectivity index (χ4n) is 1.65. The van der Waals surface area contributed by atoms with Crippen LogP contribution in [0.4, 0.5) is 10.1 Å². The van der Waals surface area contributed by atoms with E-state index >= 15 is 0 Å². The maximum Gasteiger partial charge on any atom is 0.343 e. The maximum atomic E-state index is 13.5. The fraction of sp³-hybridized carbons (Fsp3) is 0.200. The molecule has 1 heterocycles. The van der Waals surface area contributed by atoms with Crippen molar-refractivity contribution in [2.24, 2.45) is 0 Å². The molecule has 6 heteroatoms. The number of nitrogens with two attached hydrogens (primary N) is 1. The van der Waals surface area contributed by atoms with Gasteiger partial charge in [-0.2, -0.15) is 0 Å². The Morgan fingerprint density at radius 2 is 2.14 bits per heavy atom. The van der Waals surface area contributed by atoms with Crippen molar-refractivity contribution in [2.45, 2.75) is 13.8 Å². The molecule has 2 rings (SSSR count). The molecule has 0 atom stereocenters. The fourth-order valence-corrected chi connectivity index (χ4v) is 1.65. The van der Waals surface area contributed by atoms with Crippen LogP contribution in [-0.2, 0) is 4.74 Å². The number of aryl methyl sites for hydroxylation is 1. The summed E-state index contributed by atoms with van der Waals surface area (Å²) < 4.78 is 23.9. The molecule has 0 saturated heterocycles. The third kappa shape index (κ3) is 3.47. The molecule has 0 aliphatic rings. The van der Waals surface area contributed by atoms with Gasteiger partial charge in [0, 0.05) is 6.07 Å². The third-order valence-electron chi connectivity index (χ3n) is 2.73. The second kappa shape index (κ2) is 6.21. The number of benzene rings is 1. The molecular weight excluding hydrogens is 275 g/mol. The van der Waals surface area contributed by atoms with Crippen LogP contribution in [-0.4, -0.2) is 17.6 Å². The minimum atomic E-state index is -0.597. The number of nitrogens with zero attached hydrogens (tertiary/aromatic N) is 1. The molecule has 2 N–H and O–H groups in total. The van der Waals surface area contributed by atoms with E-state index in [0.717, 1.165) is 0 Å². The van der Waals surface area contributed by atoms with E-state index in [1.165, 1.54) is 18.3 Å². The van der Waals surface area contributed by atoms with E-state index in [4.69, 9.17) is 15.2 Å². The number of carbonyl (C=O) groups is 1. The van der Waals surface area contributed by atoms with Gasteiger partial charge in [0.2, 0.25) is 5.88 Å². The average molecular weight is 290 g/mol. The lowest BCUT2D eigenvalue weighted by Crippen LogP contribution is -2.08. The zero-order chi connectivity index (χ0) is 15.4. The van der Waals surface area contributed by atoms with Gasteiger partial charge in [0.05, 0.1) is 18.5 Å². The quantitative estimate of drug-likeness (QED) is 0.876. The van der Waals surface area contributed by atoms with Crippen LogP contribution < -0.4 is 10.5 Å². The van der Waals surface area contributed by atoms with Crippen molar-refractivity contribution in [1.29, 1.82) is 0 Å². The number of aromatic nitrogens is 1. The Balaban J connectivity index is 2.34. The van der Waals surface area contributed by atoms with Crippen molar-refractivity contribution in [1.82, 2.24) is 4.98 Å². The SMILES string of the molecule is CCOC(=O)c1cc(N)cnc1Oc1ccc(C)c(F)c1. The van der Waals surface area contributed by atoms with Crippen molar-refractivity contribution in [3.8, 4) is 11.6 Å². The molecule has 2 aromatic rings. The number of pyridine rings is 1. The molecule has 0 saturated carbocycles. The van der Waals surface area contributed by atoms with Crippen molar-refractivity contribution in [3.05, 3.63) is 47.4 Å². The Bertz CT molecular complexity index is 674. The molecular formula is C15H15FN2O3. The molecule has 110 valence electrons. The highest BCUT2D eigenvalue weighted by Crippen LogP contribution is 2.26. The zero-order valence-corrected chi connectivity index (χ0v) is 11.7. The summed E-state index contributed by atoms with van der Waals surface area (Å²) >= 11 is 0. The summed E-state index contributed by atoms with van der Waals surface area (Å²) in [7, 11) is 0. The molecule has 0 amide bonds. The highest BCUT2D eigenvalue weighted by atomic mass is 19.1. The lowest BCUT2D eigenvalue weighted by Gasteiger charge is -2.10. The largest absolute Gasteiger partial charge is 0.462 e. The van der Waals surface area contributed by atoms with Crippen LogP contribution in [0.3, 0.4) is 0 Å². The third-order valence-corrected chi connectivity index (χ3v) is 2.73. The van der Waals surface area contributed by atoms with E-state index < -0.39 is 11.8 Å². The molecule has 0 bridgehead atoms. The molecule has 0 radical (unpaired) electrons. The molecule has 0 aliphatic carbocycles. The second-order valence-electron chi connectivity index (χ2n) is 4.35. The van der Waals surface area contributed by atoms with Gasteiger partial charge in [0.1, 0.15) is 17.1 Å². The van der Waals surface area contributed by atoms with E-state index in [9.17, 15) is 9.18 Å². The van der Waals surface area contributed by atoms with Crippen molar-refractivity contribution in [3.63, 3.8) is 0 Å². The first-order chi connectivity index (χ1) is 10.0. The van der Waals surface area contributed by atoms with Gasteiger partial charge < -0.3 is 15.2 Å². The number of hydrogen-bond donors (Lipinski definition) is 1. The van der Waals surface area contributed by atoms with Crippen LogP contribution in [0.15, 0.2) is 30.5 Å². The van der Waals surface area contributed by atoms with Gasteiger partial charge >= 0.3 is 5.97 Å². The Morgan fingerprint density at radius 3 is 2.81 bits per heavy atom. The Hall–Kier alpha value is -2.63. The normalized spacial score (nSPS) is 10.2. The van der Waals surface area contributed by atoms with E-state index in [2.05, 4.69) is 4.98 Å². The van der Waals surface area contributed by atoms with Crippen molar-refractivity contribution >= 4 is 11.7 Å². The zero-order valence-electron chi connectivity index (χ0n) is 11.7. The van der Waals surface area contributed by atoms with Gasteiger partial charge in [-0.05, 0) is 31.5 Å². The first kappa shape index (κ1) is 14.8. The molecule has 0 unspecified atom stereocenters. The van der Waals surface area contributed by atoms with Gasteiger partial charge in [0.15, 0.2) is 0 Å². The average Bonchev–Trinajstić information content (AvgIpc) is 2.45. The summed E-state index contributed by atoms with van der Waals surface area (Å²) in [6.07, 6.45) is 1.35. The molecule has 1 aromatic heterocycles. The van der Waals surface area contributed by atoms with E-state index in [1.54, 1.807) is 26.0 Å². The number of anilines is 1. The summed E-state index contributed by atoms with van der Waals surface area (Å²) in [5, 5.41) is 0. The van der Waals surface area contributed by atoms with Crippen LogP contribution in [0.1, 0.15) is 22.8 Å². The first-order valence-electron chi connectivity index (χ1n) is 6.38. The highest BCUT2D eigenvalue weighted by Gasteiger charge is 2.17. The Kier molecular flexibility index (Phi) is 4.37. The predicted octanol–water partition coefficient (Wildman–Crippen LogP) is 3.08. The number of esters is 1. The standard InChI is InChI=1S/C15H15FN2O3/c1-3-20-15(19)12-6-10(17)8-18-14(12)21-11-5-4-9(2)13(16)7-11/h4-8H,3,17H2,1-2H3. The topological polar surface area (TPSA) is 74.4 Å². The second-order valence-corrected chi connectivity index (χ2v) is 4.35. The first-order valence-corrected chi connectivity index (χ1v) is 6.38. The number of halogens is 1. The number of carbonyl (C=O) groups excluding carboxylic acids is 1. The van der Waals surface area contributed by atoms with Crippen LogP contribution in [0.5, 0.6) is 11.6 Å². The molecule has 5 nitrogen and oxygen atoms in total. The molecule has 0 fully saturated rings. The number of nitrogen functional groups attached to an aromatic ring is 1. The van der Waals surface area contributed by atoms with Crippen LogP contribution in [0.2, 0.25) is 0 Å². The molecule has 1 aromatic carbocycles. The van der Waals surface area contributed by atoms with Crippen LogP contribution in [0.25, 0.3) is 0 Å². The van der Waals surface area contributed by atoms with E-state index in [0.29, 0.717) is 11.3 Å². The van der Waals surface area contributed by atoms with E-state index in [1.807, 2.05) is 0 Å². The summed E-state index contributed by atoms with van der Waals surface area (Å²) in [5.74, 6) is -0.743. The van der Waals surface area contributed by atoms with Crippen molar-refractivity contribution < 1.29 is 18.7 Å². The van der Waals surface area contributed by atoms with Crippen LogP contribution in [0, 0.1) is 12.7 Å². The summed E-state index contributed by atoms with van der Waals surface area (Å²) in [5.41, 5.74) is 6.51. The van der Waals surface area contributed by atoms with E-state index in [-0.39, 0.29) is 23.8 Å². The molecule has 0 aliphatic heterocycles. The molecule has 0 spiro atoms. The minimum Gasteiger partial charge on any atom is -0.462 e. The van der Waals surface area contributed by atoms with Gasteiger partial charge in [-0.25, -0.2) is 14.2 Å². The Labute approximate surface area is 121 Å². The minimum absolute atomic E-state index is 0.0194. The molecule has 21 heavy (non-hydrogen) atoms. The van der Waals surface area contributed by atoms with Gasteiger partial charge in [0.25, 0.3) is 0 Å². The lowest BCUT2D eigenvalue weighted by atomic mass is 10.2. The van der Waals surface area contributed by atoms with Crippen LogP contribution >= 0.6 is 0 Å². The summed E-state index contributed by atoms with van der Waals surface area (Å²) in [4.78, 5) is 15.8. The van der Waals surface area contributed by atoms with Gasteiger partial charge in [-0.3, -0.25) is 0 Å².